The highest BCUT2D eigenvalue weighted by Crippen LogP contribution is 2.36. The van der Waals surface area contributed by atoms with E-state index < -0.39 is 0 Å². The van der Waals surface area contributed by atoms with E-state index in [-0.39, 0.29) is 5.91 Å². The van der Waals surface area contributed by atoms with Crippen molar-refractivity contribution in [2.24, 2.45) is 5.92 Å². The van der Waals surface area contributed by atoms with Crippen LogP contribution in [0.15, 0.2) is 24.3 Å². The number of amides is 1. The van der Waals surface area contributed by atoms with Crippen LogP contribution in [0.25, 0.3) is 10.1 Å². The van der Waals surface area contributed by atoms with E-state index in [2.05, 4.69) is 16.8 Å². The summed E-state index contributed by atoms with van der Waals surface area (Å²) in [6.07, 6.45) is 2.36. The first-order chi connectivity index (χ1) is 10.6. The lowest BCUT2D eigenvalue weighted by atomic mass is 9.92. The Balaban J connectivity index is 1.64. The summed E-state index contributed by atoms with van der Waals surface area (Å²) in [7, 11) is 2.15. The van der Waals surface area contributed by atoms with Gasteiger partial charge in [0.15, 0.2) is 0 Å². The predicted molar refractivity (Wildman–Crippen MR) is 91.9 cm³/mol. The fourth-order valence-corrected chi connectivity index (χ4v) is 5.15. The third-order valence-corrected chi connectivity index (χ3v) is 6.46. The van der Waals surface area contributed by atoms with Crippen molar-refractivity contribution in [2.75, 3.05) is 26.7 Å². The van der Waals surface area contributed by atoms with Gasteiger partial charge < -0.3 is 9.80 Å². The summed E-state index contributed by atoms with van der Waals surface area (Å²) in [4.78, 5) is 18.2. The molecule has 0 N–H and O–H groups in total. The van der Waals surface area contributed by atoms with Crippen LogP contribution in [0.1, 0.15) is 22.5 Å². The maximum atomic E-state index is 13.0. The molecular weight excluding hydrogens is 316 g/mol. The monoisotopic (exact) mass is 334 g/mol. The fraction of sp³-hybridized carbons (Fsp3) is 0.471. The number of likely N-dealkylation sites (tertiary alicyclic amines) is 2. The molecule has 0 spiro atoms. The summed E-state index contributed by atoms with van der Waals surface area (Å²) in [6, 6.07) is 8.20. The number of carbonyl (C=O) groups excluding carboxylic acids is 1. The molecule has 2 aliphatic rings. The zero-order valence-electron chi connectivity index (χ0n) is 12.6. The van der Waals surface area contributed by atoms with Crippen molar-refractivity contribution < 1.29 is 4.79 Å². The molecule has 2 aliphatic heterocycles. The van der Waals surface area contributed by atoms with Gasteiger partial charge in [-0.25, -0.2) is 0 Å². The minimum Gasteiger partial charge on any atom is -0.333 e. The largest absolute Gasteiger partial charge is 0.333 e. The number of hydrogen-bond acceptors (Lipinski definition) is 3. The average Bonchev–Trinajstić information content (AvgIpc) is 3.11. The van der Waals surface area contributed by atoms with E-state index in [0.717, 1.165) is 46.0 Å². The number of piperidine rings is 1. The number of halogens is 1. The maximum absolute atomic E-state index is 13.0. The molecule has 0 saturated carbocycles. The van der Waals surface area contributed by atoms with E-state index in [1.165, 1.54) is 6.42 Å². The third kappa shape index (κ3) is 2.34. The summed E-state index contributed by atoms with van der Waals surface area (Å²) in [5.41, 5.74) is 0. The van der Waals surface area contributed by atoms with Gasteiger partial charge in [0.25, 0.3) is 5.91 Å². The Bertz CT molecular complexity index is 729. The van der Waals surface area contributed by atoms with Crippen LogP contribution in [0, 0.1) is 5.92 Å². The van der Waals surface area contributed by atoms with Gasteiger partial charge in [-0.15, -0.1) is 11.3 Å². The van der Waals surface area contributed by atoms with Crippen molar-refractivity contribution >= 4 is 38.9 Å². The molecule has 0 aliphatic carbocycles. The fourth-order valence-electron chi connectivity index (χ4n) is 3.82. The van der Waals surface area contributed by atoms with E-state index in [0.29, 0.717) is 12.0 Å². The highest BCUT2D eigenvalue weighted by atomic mass is 35.5. The van der Waals surface area contributed by atoms with Gasteiger partial charge in [-0.05, 0) is 50.6 Å². The van der Waals surface area contributed by atoms with Crippen LogP contribution in [-0.4, -0.2) is 48.4 Å². The summed E-state index contributed by atoms with van der Waals surface area (Å²) in [6.45, 7) is 3.05. The number of benzene rings is 1. The van der Waals surface area contributed by atoms with Gasteiger partial charge in [-0.2, -0.15) is 0 Å². The summed E-state index contributed by atoms with van der Waals surface area (Å²) in [5.74, 6) is 0.859. The number of thiophene rings is 1. The van der Waals surface area contributed by atoms with E-state index in [1.54, 1.807) is 11.3 Å². The Morgan fingerprint density at radius 2 is 2.14 bits per heavy atom. The molecule has 116 valence electrons. The SMILES string of the molecule is CN1CCC2CCN(C(=O)c3cc4c(Cl)cccc4s3)C2C1. The normalized spacial score (nSPS) is 25.6. The Morgan fingerprint density at radius 1 is 1.32 bits per heavy atom. The van der Waals surface area contributed by atoms with Crippen LogP contribution in [0.3, 0.4) is 0 Å². The van der Waals surface area contributed by atoms with E-state index in [9.17, 15) is 4.79 Å². The first-order valence-electron chi connectivity index (χ1n) is 7.81. The summed E-state index contributed by atoms with van der Waals surface area (Å²) < 4.78 is 1.09. The van der Waals surface area contributed by atoms with Crippen LogP contribution in [-0.2, 0) is 0 Å². The second-order valence-electron chi connectivity index (χ2n) is 6.43. The Hall–Kier alpha value is -1.10. The predicted octanol–water partition coefficient (Wildman–Crippen LogP) is 3.72. The van der Waals surface area contributed by atoms with Crippen LogP contribution < -0.4 is 0 Å². The number of nitrogens with zero attached hydrogens (tertiary/aromatic N) is 2. The molecule has 1 amide bonds. The Morgan fingerprint density at radius 3 is 2.95 bits per heavy atom. The molecule has 1 aromatic carbocycles. The molecule has 0 bridgehead atoms. The molecule has 2 atom stereocenters. The standard InChI is InChI=1S/C17H19ClN2OS/c1-19-7-5-11-6-8-20(14(11)10-19)17(21)16-9-12-13(18)3-2-4-15(12)22-16/h2-4,9,11,14H,5-8,10H2,1H3. The Kier molecular flexibility index (Phi) is 3.63. The van der Waals surface area contributed by atoms with Crippen LogP contribution in [0.4, 0.5) is 0 Å². The quantitative estimate of drug-likeness (QED) is 0.793. The number of carbonyl (C=O) groups is 1. The molecule has 0 radical (unpaired) electrons. The van der Waals surface area contributed by atoms with Gasteiger partial charge in [-0.1, -0.05) is 17.7 Å². The summed E-state index contributed by atoms with van der Waals surface area (Å²) >= 11 is 7.80. The maximum Gasteiger partial charge on any atom is 0.264 e. The van der Waals surface area contributed by atoms with Gasteiger partial charge in [0.05, 0.1) is 4.88 Å². The molecule has 1 aromatic heterocycles. The molecule has 2 aromatic rings. The number of likely N-dealkylation sites (N-methyl/N-ethyl adjacent to an activating group) is 1. The van der Waals surface area contributed by atoms with Crippen molar-refractivity contribution in [3.63, 3.8) is 0 Å². The minimum absolute atomic E-state index is 0.181. The lowest BCUT2D eigenvalue weighted by molar-refractivity contribution is 0.0636. The first kappa shape index (κ1) is 14.5. The van der Waals surface area contributed by atoms with Crippen LogP contribution in [0.2, 0.25) is 5.02 Å². The first-order valence-corrected chi connectivity index (χ1v) is 9.00. The van der Waals surface area contributed by atoms with Crippen LogP contribution in [0.5, 0.6) is 0 Å². The van der Waals surface area contributed by atoms with Gasteiger partial charge in [0.2, 0.25) is 0 Å². The zero-order chi connectivity index (χ0) is 15.3. The van der Waals surface area contributed by atoms with Crippen molar-refractivity contribution in [3.05, 3.63) is 34.2 Å². The van der Waals surface area contributed by atoms with E-state index in [4.69, 9.17) is 11.6 Å². The lowest BCUT2D eigenvalue weighted by Gasteiger charge is -2.36. The smallest absolute Gasteiger partial charge is 0.264 e. The number of rotatable bonds is 1. The highest BCUT2D eigenvalue weighted by molar-refractivity contribution is 7.20. The molecule has 2 saturated heterocycles. The van der Waals surface area contributed by atoms with Crippen molar-refractivity contribution in [1.82, 2.24) is 9.80 Å². The second kappa shape index (κ2) is 5.52. The minimum atomic E-state index is 0.181. The lowest BCUT2D eigenvalue weighted by Crippen LogP contribution is -2.48. The van der Waals surface area contributed by atoms with Gasteiger partial charge in [0.1, 0.15) is 0 Å². The Labute approximate surface area is 139 Å². The number of hydrogen-bond donors (Lipinski definition) is 0. The molecule has 4 rings (SSSR count). The second-order valence-corrected chi connectivity index (χ2v) is 7.92. The van der Waals surface area contributed by atoms with Gasteiger partial charge in [0, 0.05) is 34.2 Å². The molecule has 3 heterocycles. The topological polar surface area (TPSA) is 23.6 Å². The molecule has 5 heteroatoms. The average molecular weight is 335 g/mol. The summed E-state index contributed by atoms with van der Waals surface area (Å²) in [5, 5.41) is 1.72. The zero-order valence-corrected chi connectivity index (χ0v) is 14.2. The highest BCUT2D eigenvalue weighted by Gasteiger charge is 2.40. The van der Waals surface area contributed by atoms with Crippen molar-refractivity contribution in [1.29, 1.82) is 0 Å². The van der Waals surface area contributed by atoms with E-state index in [1.807, 2.05) is 24.3 Å². The number of fused-ring (bicyclic) bond motifs is 2. The third-order valence-electron chi connectivity index (χ3n) is 5.05. The van der Waals surface area contributed by atoms with Gasteiger partial charge >= 0.3 is 0 Å². The molecule has 2 fully saturated rings. The van der Waals surface area contributed by atoms with Gasteiger partial charge in [-0.3, -0.25) is 4.79 Å². The van der Waals surface area contributed by atoms with Crippen LogP contribution >= 0.6 is 22.9 Å². The van der Waals surface area contributed by atoms with Crippen molar-refractivity contribution in [3.8, 4) is 0 Å². The molecule has 3 nitrogen and oxygen atoms in total. The van der Waals surface area contributed by atoms with Crippen molar-refractivity contribution in [2.45, 2.75) is 18.9 Å². The van der Waals surface area contributed by atoms with E-state index >= 15 is 0 Å². The molecule has 22 heavy (non-hydrogen) atoms. The molecular formula is C17H19ClN2OS. The molecule has 2 unspecified atom stereocenters.